The van der Waals surface area contributed by atoms with E-state index < -0.39 is 21.5 Å². The van der Waals surface area contributed by atoms with Crippen molar-refractivity contribution in [1.82, 2.24) is 9.88 Å². The van der Waals surface area contributed by atoms with Crippen molar-refractivity contribution in [2.75, 3.05) is 5.32 Å². The summed E-state index contributed by atoms with van der Waals surface area (Å²) in [5.74, 6) is -0.493. The molecule has 1 heterocycles. The van der Waals surface area contributed by atoms with Gasteiger partial charge in [-0.2, -0.15) is 0 Å². The maximum Gasteiger partial charge on any atom is 0.294 e. The van der Waals surface area contributed by atoms with Crippen LogP contribution < -0.4 is 10.0 Å². The number of hydrogen-bond acceptors (Lipinski definition) is 5. The van der Waals surface area contributed by atoms with Crippen molar-refractivity contribution in [3.8, 4) is 11.3 Å². The molecule has 0 fully saturated rings. The van der Waals surface area contributed by atoms with Crippen LogP contribution in [0.5, 0.6) is 0 Å². The van der Waals surface area contributed by atoms with Gasteiger partial charge in [0.2, 0.25) is 15.8 Å². The number of hydrogen-bond donors (Lipinski definition) is 2. The van der Waals surface area contributed by atoms with Crippen LogP contribution in [0.25, 0.3) is 11.3 Å². The van der Waals surface area contributed by atoms with Crippen LogP contribution in [0.2, 0.25) is 0 Å². The first kappa shape index (κ1) is 19.8. The second-order valence-electron chi connectivity index (χ2n) is 7.28. The topological polar surface area (TPSA) is 101 Å². The Morgan fingerprint density at radius 1 is 1.00 bits per heavy atom. The minimum atomic E-state index is -3.71. The highest BCUT2D eigenvalue weighted by Gasteiger charge is 2.22. The summed E-state index contributed by atoms with van der Waals surface area (Å²) in [4.78, 5) is 12.5. The second kappa shape index (κ2) is 7.57. The molecule has 0 radical (unpaired) electrons. The lowest BCUT2D eigenvalue weighted by molar-refractivity contribution is 0.0988. The summed E-state index contributed by atoms with van der Waals surface area (Å²) in [6, 6.07) is 16.9. The van der Waals surface area contributed by atoms with E-state index in [9.17, 15) is 13.2 Å². The van der Waals surface area contributed by atoms with E-state index in [-0.39, 0.29) is 10.7 Å². The van der Waals surface area contributed by atoms with Crippen LogP contribution in [0.4, 0.5) is 5.69 Å². The molecule has 0 aliphatic carbocycles. The van der Waals surface area contributed by atoms with Crippen LogP contribution in [-0.4, -0.2) is 25.0 Å². The summed E-state index contributed by atoms with van der Waals surface area (Å²) >= 11 is 0. The number of nitrogens with zero attached hydrogens (tertiary/aromatic N) is 1. The summed E-state index contributed by atoms with van der Waals surface area (Å²) in [7, 11) is -3.71. The quantitative estimate of drug-likeness (QED) is 0.682. The number of sulfonamides is 1. The number of carbonyl (C=O) groups excluding carboxylic acids is 1. The number of carbonyl (C=O) groups is 1. The SMILES string of the molecule is CC(C)(C)NS(=O)(=O)c1cccc(NC(=O)c2cc(-c3ccccc3)no2)c1. The van der Waals surface area contributed by atoms with Crippen molar-refractivity contribution >= 4 is 21.6 Å². The van der Waals surface area contributed by atoms with E-state index >= 15 is 0 Å². The van der Waals surface area contributed by atoms with Gasteiger partial charge in [-0.15, -0.1) is 0 Å². The molecule has 0 aliphatic heterocycles. The molecule has 0 saturated carbocycles. The molecule has 2 aromatic carbocycles. The first-order valence-electron chi connectivity index (χ1n) is 8.62. The molecule has 0 saturated heterocycles. The molecule has 0 aliphatic rings. The van der Waals surface area contributed by atoms with Crippen LogP contribution in [0.3, 0.4) is 0 Å². The van der Waals surface area contributed by atoms with E-state index in [1.54, 1.807) is 32.9 Å². The molecule has 28 heavy (non-hydrogen) atoms. The third-order valence-electron chi connectivity index (χ3n) is 3.65. The third-order valence-corrected chi connectivity index (χ3v) is 5.40. The first-order chi connectivity index (χ1) is 13.1. The van der Waals surface area contributed by atoms with E-state index in [4.69, 9.17) is 4.52 Å². The van der Waals surface area contributed by atoms with Crippen molar-refractivity contribution in [3.05, 3.63) is 66.4 Å². The Morgan fingerprint density at radius 3 is 2.39 bits per heavy atom. The number of aromatic nitrogens is 1. The summed E-state index contributed by atoms with van der Waals surface area (Å²) in [5.41, 5.74) is 1.08. The van der Waals surface area contributed by atoms with Crippen LogP contribution in [0.1, 0.15) is 31.3 Å². The molecule has 3 rings (SSSR count). The maximum absolute atomic E-state index is 12.5. The Balaban J connectivity index is 1.78. The lowest BCUT2D eigenvalue weighted by Gasteiger charge is -2.20. The van der Waals surface area contributed by atoms with Gasteiger partial charge in [0.1, 0.15) is 5.69 Å². The zero-order valence-corrected chi connectivity index (χ0v) is 16.6. The molecule has 3 aromatic rings. The third kappa shape index (κ3) is 4.85. The van der Waals surface area contributed by atoms with Gasteiger partial charge in [0.05, 0.1) is 4.90 Å². The molecular formula is C20H21N3O4S. The molecule has 1 aromatic heterocycles. The molecule has 7 nitrogen and oxygen atoms in total. The van der Waals surface area contributed by atoms with Crippen molar-refractivity contribution < 1.29 is 17.7 Å². The van der Waals surface area contributed by atoms with Crippen LogP contribution in [-0.2, 0) is 10.0 Å². The van der Waals surface area contributed by atoms with E-state index in [1.165, 1.54) is 18.2 Å². The number of rotatable bonds is 5. The Kier molecular flexibility index (Phi) is 5.35. The molecule has 0 unspecified atom stereocenters. The van der Waals surface area contributed by atoms with E-state index in [0.717, 1.165) is 5.56 Å². The van der Waals surface area contributed by atoms with Gasteiger partial charge in [0.25, 0.3) is 5.91 Å². The van der Waals surface area contributed by atoms with Crippen molar-refractivity contribution in [2.24, 2.45) is 0 Å². The minimum absolute atomic E-state index is 0.0277. The average molecular weight is 399 g/mol. The molecule has 8 heteroatoms. The Hall–Kier alpha value is -2.97. The lowest BCUT2D eigenvalue weighted by atomic mass is 10.1. The van der Waals surface area contributed by atoms with Gasteiger partial charge in [-0.3, -0.25) is 4.79 Å². The molecular weight excluding hydrogens is 378 g/mol. The van der Waals surface area contributed by atoms with Crippen molar-refractivity contribution in [1.29, 1.82) is 0 Å². The molecule has 2 N–H and O–H groups in total. The predicted octanol–water partition coefficient (Wildman–Crippen LogP) is 3.67. The van der Waals surface area contributed by atoms with E-state index in [1.807, 2.05) is 30.3 Å². The predicted molar refractivity (Wildman–Crippen MR) is 106 cm³/mol. The fraction of sp³-hybridized carbons (Fsp3) is 0.200. The molecule has 146 valence electrons. The number of nitrogens with one attached hydrogen (secondary N) is 2. The van der Waals surface area contributed by atoms with Gasteiger partial charge in [-0.1, -0.05) is 41.6 Å². The smallest absolute Gasteiger partial charge is 0.294 e. The molecule has 0 spiro atoms. The monoisotopic (exact) mass is 399 g/mol. The van der Waals surface area contributed by atoms with Gasteiger partial charge in [-0.05, 0) is 39.0 Å². The first-order valence-corrected chi connectivity index (χ1v) is 10.1. The maximum atomic E-state index is 12.5. The Morgan fingerprint density at radius 2 is 1.71 bits per heavy atom. The van der Waals surface area contributed by atoms with Crippen LogP contribution in [0.15, 0.2) is 70.1 Å². The highest BCUT2D eigenvalue weighted by Crippen LogP contribution is 2.21. The number of benzene rings is 2. The summed E-state index contributed by atoms with van der Waals surface area (Å²) in [6.07, 6.45) is 0. The minimum Gasteiger partial charge on any atom is -0.350 e. The van der Waals surface area contributed by atoms with E-state index in [2.05, 4.69) is 15.2 Å². The molecule has 0 atom stereocenters. The second-order valence-corrected chi connectivity index (χ2v) is 8.96. The molecule has 1 amide bonds. The lowest BCUT2D eigenvalue weighted by Crippen LogP contribution is -2.40. The standard InChI is InChI=1S/C20H21N3O4S/c1-20(2,3)23-28(25,26)16-11-7-10-15(12-16)21-19(24)18-13-17(22-27-18)14-8-5-4-6-9-14/h4-13,23H,1-3H3,(H,21,24). The fourth-order valence-corrected chi connectivity index (χ4v) is 3.99. The average Bonchev–Trinajstić information content (AvgIpc) is 3.11. The fourth-order valence-electron chi connectivity index (χ4n) is 2.52. The highest BCUT2D eigenvalue weighted by molar-refractivity contribution is 7.89. The zero-order valence-electron chi connectivity index (χ0n) is 15.8. The summed E-state index contributed by atoms with van der Waals surface area (Å²) < 4.78 is 32.6. The zero-order chi connectivity index (χ0) is 20.4. The largest absolute Gasteiger partial charge is 0.350 e. The highest BCUT2D eigenvalue weighted by atomic mass is 32.2. The number of amides is 1. The van der Waals surface area contributed by atoms with E-state index in [0.29, 0.717) is 11.4 Å². The Labute approximate surface area is 163 Å². The Bertz CT molecular complexity index is 1080. The summed E-state index contributed by atoms with van der Waals surface area (Å²) in [5, 5.41) is 6.54. The van der Waals surface area contributed by atoms with Gasteiger partial charge < -0.3 is 9.84 Å². The van der Waals surface area contributed by atoms with Gasteiger partial charge in [0.15, 0.2) is 0 Å². The summed E-state index contributed by atoms with van der Waals surface area (Å²) in [6.45, 7) is 5.26. The van der Waals surface area contributed by atoms with Crippen LogP contribution in [0, 0.1) is 0 Å². The van der Waals surface area contributed by atoms with Crippen LogP contribution >= 0.6 is 0 Å². The normalized spacial score (nSPS) is 12.0. The van der Waals surface area contributed by atoms with Gasteiger partial charge in [0, 0.05) is 22.9 Å². The van der Waals surface area contributed by atoms with Crippen molar-refractivity contribution in [3.63, 3.8) is 0 Å². The number of anilines is 1. The molecule has 0 bridgehead atoms. The van der Waals surface area contributed by atoms with Gasteiger partial charge >= 0.3 is 0 Å². The van der Waals surface area contributed by atoms with Crippen molar-refractivity contribution in [2.45, 2.75) is 31.2 Å². The van der Waals surface area contributed by atoms with Gasteiger partial charge in [-0.25, -0.2) is 13.1 Å².